The molecule has 110 valence electrons. The molecule has 0 N–H and O–H groups in total. The molecule has 21 heavy (non-hydrogen) atoms. The number of ether oxygens (including phenoxy) is 2. The fraction of sp³-hybridized carbons (Fsp3) is 0.417. The molecule has 2 aromatic rings. The Kier molecular flexibility index (Phi) is 3.35. The molecule has 0 unspecified atom stereocenters. The number of hydrogen-bond acceptors (Lipinski definition) is 7. The lowest BCUT2D eigenvalue weighted by Crippen LogP contribution is -2.24. The highest BCUT2D eigenvalue weighted by molar-refractivity contribution is 5.16. The van der Waals surface area contributed by atoms with E-state index < -0.39 is 10.7 Å². The first-order chi connectivity index (χ1) is 10.1. The lowest BCUT2D eigenvalue weighted by Gasteiger charge is -2.21. The maximum Gasteiger partial charge on any atom is 0.410 e. The molecule has 3 heterocycles. The molecule has 9 nitrogen and oxygen atoms in total. The predicted molar refractivity (Wildman–Crippen MR) is 69.3 cm³/mol. The van der Waals surface area contributed by atoms with E-state index in [4.69, 9.17) is 9.47 Å². The van der Waals surface area contributed by atoms with Gasteiger partial charge in [0.25, 0.3) is 0 Å². The Morgan fingerprint density at radius 2 is 2.19 bits per heavy atom. The Morgan fingerprint density at radius 3 is 2.86 bits per heavy atom. The van der Waals surface area contributed by atoms with Crippen LogP contribution < -0.4 is 0 Å². The van der Waals surface area contributed by atoms with Gasteiger partial charge >= 0.3 is 5.82 Å². The smallest absolute Gasteiger partial charge is 0.358 e. The zero-order valence-corrected chi connectivity index (χ0v) is 11.3. The number of nitrogens with zero attached hydrogens (tertiary/aromatic N) is 5. The van der Waals surface area contributed by atoms with E-state index in [1.54, 1.807) is 6.07 Å². The average Bonchev–Trinajstić information content (AvgIpc) is 3.09. The van der Waals surface area contributed by atoms with Gasteiger partial charge in [0.15, 0.2) is 6.20 Å². The molecule has 1 aliphatic heterocycles. The van der Waals surface area contributed by atoms with Crippen LogP contribution in [0.5, 0.6) is 0 Å². The van der Waals surface area contributed by atoms with Crippen LogP contribution in [0.2, 0.25) is 0 Å². The van der Waals surface area contributed by atoms with Crippen LogP contribution in [0.15, 0.2) is 24.4 Å². The van der Waals surface area contributed by atoms with Gasteiger partial charge in [-0.05, 0) is 24.0 Å². The fourth-order valence-corrected chi connectivity index (χ4v) is 2.08. The molecule has 0 radical (unpaired) electrons. The van der Waals surface area contributed by atoms with Gasteiger partial charge in [-0.2, -0.15) is 0 Å². The first-order valence-corrected chi connectivity index (χ1v) is 6.36. The zero-order chi connectivity index (χ0) is 14.9. The molecule has 1 aliphatic rings. The third-order valence-corrected chi connectivity index (χ3v) is 3.13. The van der Waals surface area contributed by atoms with Gasteiger partial charge < -0.3 is 19.6 Å². The van der Waals surface area contributed by atoms with Crippen LogP contribution >= 0.6 is 0 Å². The maximum atomic E-state index is 10.6. The predicted octanol–water partition coefficient (Wildman–Crippen LogP) is 0.849. The van der Waals surface area contributed by atoms with Crippen LogP contribution in [0.25, 0.3) is 0 Å². The minimum atomic E-state index is -0.848. The van der Waals surface area contributed by atoms with Crippen molar-refractivity contribution in [2.45, 2.75) is 19.3 Å². The standard InChI is InChI=1S/C12H13N5O4/c1-12(20-5-6-21-12)10-4-2-3-9(14-10)8-16-13-7-11(15-16)17(18)19/h2-4,7H,5-6,8H2,1H3. The van der Waals surface area contributed by atoms with Crippen molar-refractivity contribution in [1.82, 2.24) is 20.0 Å². The van der Waals surface area contributed by atoms with Crippen molar-refractivity contribution in [3.63, 3.8) is 0 Å². The van der Waals surface area contributed by atoms with E-state index in [9.17, 15) is 10.1 Å². The van der Waals surface area contributed by atoms with E-state index in [0.29, 0.717) is 24.6 Å². The molecule has 0 aromatic carbocycles. The fourth-order valence-electron chi connectivity index (χ4n) is 2.08. The summed E-state index contributed by atoms with van der Waals surface area (Å²) >= 11 is 0. The van der Waals surface area contributed by atoms with Crippen LogP contribution in [0.3, 0.4) is 0 Å². The molecule has 0 amide bonds. The van der Waals surface area contributed by atoms with E-state index in [1.807, 2.05) is 19.1 Å². The van der Waals surface area contributed by atoms with Gasteiger partial charge in [0, 0.05) is 0 Å². The Labute approximate surface area is 119 Å². The normalized spacial score (nSPS) is 17.0. The lowest BCUT2D eigenvalue weighted by molar-refractivity contribution is -0.389. The van der Waals surface area contributed by atoms with Crippen molar-refractivity contribution in [3.05, 3.63) is 45.9 Å². The van der Waals surface area contributed by atoms with Crippen LogP contribution in [-0.2, 0) is 21.8 Å². The van der Waals surface area contributed by atoms with Crippen molar-refractivity contribution < 1.29 is 14.4 Å². The second-order valence-electron chi connectivity index (χ2n) is 4.65. The Balaban J connectivity index is 1.81. The highest BCUT2D eigenvalue weighted by Gasteiger charge is 2.34. The molecular weight excluding hydrogens is 278 g/mol. The molecule has 1 saturated heterocycles. The SMILES string of the molecule is CC1(c2cccc(Cn3ncc([N+](=O)[O-])n3)n2)OCCO1. The number of hydrogen-bond donors (Lipinski definition) is 0. The monoisotopic (exact) mass is 291 g/mol. The van der Waals surface area contributed by atoms with Crippen molar-refractivity contribution in [2.75, 3.05) is 13.2 Å². The summed E-state index contributed by atoms with van der Waals surface area (Å²) in [5.41, 5.74) is 1.32. The highest BCUT2D eigenvalue weighted by atomic mass is 16.7. The van der Waals surface area contributed by atoms with Gasteiger partial charge in [0.1, 0.15) is 6.54 Å². The molecule has 0 spiro atoms. The third kappa shape index (κ3) is 2.73. The van der Waals surface area contributed by atoms with Crippen LogP contribution in [-0.4, -0.2) is 38.1 Å². The van der Waals surface area contributed by atoms with Crippen LogP contribution in [0.1, 0.15) is 18.3 Å². The number of rotatable bonds is 4. The topological polar surface area (TPSA) is 105 Å². The molecule has 9 heteroatoms. The second-order valence-corrected chi connectivity index (χ2v) is 4.65. The van der Waals surface area contributed by atoms with Gasteiger partial charge in [-0.15, -0.1) is 5.10 Å². The van der Waals surface area contributed by atoms with Crippen molar-refractivity contribution in [1.29, 1.82) is 0 Å². The first kappa shape index (κ1) is 13.6. The van der Waals surface area contributed by atoms with Crippen LogP contribution in [0, 0.1) is 10.1 Å². The number of pyridine rings is 1. The molecular formula is C12H13N5O4. The van der Waals surface area contributed by atoms with Crippen molar-refractivity contribution in [2.24, 2.45) is 0 Å². The quantitative estimate of drug-likeness (QED) is 0.607. The lowest BCUT2D eigenvalue weighted by atomic mass is 10.2. The first-order valence-electron chi connectivity index (χ1n) is 6.36. The minimum absolute atomic E-state index is 0.234. The maximum absolute atomic E-state index is 10.6. The summed E-state index contributed by atoms with van der Waals surface area (Å²) in [6, 6.07) is 5.43. The van der Waals surface area contributed by atoms with E-state index in [1.165, 1.54) is 4.80 Å². The summed E-state index contributed by atoms with van der Waals surface area (Å²) < 4.78 is 11.1. The average molecular weight is 291 g/mol. The molecule has 0 saturated carbocycles. The molecule has 2 aromatic heterocycles. The Hall–Kier alpha value is -2.39. The van der Waals surface area contributed by atoms with Gasteiger partial charge in [0.2, 0.25) is 5.79 Å². The summed E-state index contributed by atoms with van der Waals surface area (Å²) in [6.07, 6.45) is 1.11. The van der Waals surface area contributed by atoms with Gasteiger partial charge in [-0.3, -0.25) is 4.98 Å². The second kappa shape index (κ2) is 5.19. The van der Waals surface area contributed by atoms with Gasteiger partial charge in [-0.25, -0.2) is 0 Å². The van der Waals surface area contributed by atoms with Gasteiger partial charge in [-0.1, -0.05) is 10.9 Å². The molecule has 3 rings (SSSR count). The van der Waals surface area contributed by atoms with E-state index >= 15 is 0 Å². The summed E-state index contributed by atoms with van der Waals surface area (Å²) in [5, 5.41) is 18.2. The molecule has 1 fully saturated rings. The minimum Gasteiger partial charge on any atom is -0.358 e. The Bertz CT molecular complexity index is 665. The summed E-state index contributed by atoms with van der Waals surface area (Å²) in [5.74, 6) is -1.14. The van der Waals surface area contributed by atoms with E-state index in [-0.39, 0.29) is 12.4 Å². The third-order valence-electron chi connectivity index (χ3n) is 3.13. The summed E-state index contributed by atoms with van der Waals surface area (Å²) in [6.45, 7) is 3.09. The zero-order valence-electron chi connectivity index (χ0n) is 11.3. The summed E-state index contributed by atoms with van der Waals surface area (Å²) in [7, 11) is 0. The van der Waals surface area contributed by atoms with Crippen LogP contribution in [0.4, 0.5) is 5.82 Å². The summed E-state index contributed by atoms with van der Waals surface area (Å²) in [4.78, 5) is 15.7. The van der Waals surface area contributed by atoms with Crippen molar-refractivity contribution >= 4 is 5.82 Å². The largest absolute Gasteiger partial charge is 0.410 e. The molecule has 0 bridgehead atoms. The number of nitro groups is 1. The van der Waals surface area contributed by atoms with E-state index in [0.717, 1.165) is 6.20 Å². The van der Waals surface area contributed by atoms with Gasteiger partial charge in [0.05, 0.1) is 29.7 Å². The van der Waals surface area contributed by atoms with E-state index in [2.05, 4.69) is 15.2 Å². The molecule has 0 atom stereocenters. The molecule has 0 aliphatic carbocycles. The highest BCUT2D eigenvalue weighted by Crippen LogP contribution is 2.29. The van der Waals surface area contributed by atoms with Crippen molar-refractivity contribution in [3.8, 4) is 0 Å². The number of aromatic nitrogens is 4. The Morgan fingerprint density at radius 1 is 1.43 bits per heavy atom.